The van der Waals surface area contributed by atoms with E-state index >= 15 is 0 Å². The highest BCUT2D eigenvalue weighted by Crippen LogP contribution is 2.34. The molecule has 30 heavy (non-hydrogen) atoms. The number of rotatable bonds is 4. The van der Waals surface area contributed by atoms with Crippen molar-refractivity contribution < 1.29 is 18.0 Å². The molecule has 0 aromatic carbocycles. The van der Waals surface area contributed by atoms with Gasteiger partial charge in [0.25, 0.3) is 0 Å². The van der Waals surface area contributed by atoms with Gasteiger partial charge >= 0.3 is 6.18 Å². The van der Waals surface area contributed by atoms with Crippen molar-refractivity contribution in [3.8, 4) is 10.6 Å². The largest absolute Gasteiger partial charge is 0.433 e. The van der Waals surface area contributed by atoms with E-state index in [4.69, 9.17) is 0 Å². The van der Waals surface area contributed by atoms with E-state index in [9.17, 15) is 18.0 Å². The SMILES string of the molecule is Cc1cnn(CC(=O)N2CCC[C@H](c3nc(-c4cccs4)cc(C(F)(F)F)n3)C2)c1. The van der Waals surface area contributed by atoms with Crippen molar-refractivity contribution in [2.45, 2.75) is 38.4 Å². The van der Waals surface area contributed by atoms with Crippen molar-refractivity contribution in [2.75, 3.05) is 13.1 Å². The van der Waals surface area contributed by atoms with Gasteiger partial charge in [-0.15, -0.1) is 11.3 Å². The number of alkyl halides is 3. The number of piperidine rings is 1. The first-order valence-electron chi connectivity index (χ1n) is 9.56. The van der Waals surface area contributed by atoms with Crippen LogP contribution < -0.4 is 0 Å². The van der Waals surface area contributed by atoms with Gasteiger partial charge in [-0.1, -0.05) is 6.07 Å². The van der Waals surface area contributed by atoms with Crippen LogP contribution in [-0.4, -0.2) is 43.6 Å². The topological polar surface area (TPSA) is 63.9 Å². The van der Waals surface area contributed by atoms with Crippen molar-refractivity contribution in [1.29, 1.82) is 0 Å². The molecular weight excluding hydrogens is 415 g/mol. The van der Waals surface area contributed by atoms with E-state index in [1.54, 1.807) is 39.5 Å². The Labute approximate surface area is 175 Å². The van der Waals surface area contributed by atoms with Gasteiger partial charge in [0.2, 0.25) is 5.91 Å². The second-order valence-corrected chi connectivity index (χ2v) is 8.31. The van der Waals surface area contributed by atoms with Crippen molar-refractivity contribution in [3.63, 3.8) is 0 Å². The predicted molar refractivity (Wildman–Crippen MR) is 106 cm³/mol. The maximum absolute atomic E-state index is 13.4. The highest BCUT2D eigenvalue weighted by Gasteiger charge is 2.35. The first-order chi connectivity index (χ1) is 14.3. The fourth-order valence-corrected chi connectivity index (χ4v) is 4.24. The normalized spacial score (nSPS) is 17.3. The zero-order valence-electron chi connectivity index (χ0n) is 16.3. The van der Waals surface area contributed by atoms with Gasteiger partial charge in [0.05, 0.1) is 16.8 Å². The molecule has 0 unspecified atom stereocenters. The quantitative estimate of drug-likeness (QED) is 0.618. The van der Waals surface area contributed by atoms with Gasteiger partial charge in [-0.3, -0.25) is 9.48 Å². The van der Waals surface area contributed by atoms with E-state index in [2.05, 4.69) is 15.1 Å². The van der Waals surface area contributed by atoms with Crippen molar-refractivity contribution in [2.24, 2.45) is 0 Å². The molecule has 6 nitrogen and oxygen atoms in total. The molecule has 1 atom stereocenters. The summed E-state index contributed by atoms with van der Waals surface area (Å²) in [5, 5.41) is 5.92. The fourth-order valence-electron chi connectivity index (χ4n) is 3.55. The molecule has 10 heteroatoms. The molecule has 4 heterocycles. The average Bonchev–Trinajstić information content (AvgIpc) is 3.39. The second-order valence-electron chi connectivity index (χ2n) is 7.37. The molecular formula is C20H20F3N5OS. The molecule has 4 rings (SSSR count). The van der Waals surface area contributed by atoms with Crippen molar-refractivity contribution in [1.82, 2.24) is 24.6 Å². The monoisotopic (exact) mass is 435 g/mol. The van der Waals surface area contributed by atoms with Gasteiger partial charge in [-0.25, -0.2) is 9.97 Å². The number of aryl methyl sites for hydroxylation is 1. The molecule has 0 N–H and O–H groups in total. The number of thiophene rings is 1. The Kier molecular flexibility index (Phi) is 5.59. The number of hydrogen-bond donors (Lipinski definition) is 0. The molecule has 3 aromatic rings. The highest BCUT2D eigenvalue weighted by atomic mass is 32.1. The van der Waals surface area contributed by atoms with Crippen LogP contribution in [0.25, 0.3) is 10.6 Å². The van der Waals surface area contributed by atoms with E-state index in [0.717, 1.165) is 11.6 Å². The third kappa shape index (κ3) is 4.53. The standard InChI is InChI=1S/C20H20F3N5OS/c1-13-9-24-28(10-13)12-18(29)27-6-2-4-14(11-27)19-25-15(16-5-3-7-30-16)8-17(26-19)20(21,22)23/h3,5,7-10,14H,2,4,6,11-12H2,1H3/t14-/m0/s1. The second kappa shape index (κ2) is 8.17. The van der Waals surface area contributed by atoms with Crippen molar-refractivity contribution in [3.05, 3.63) is 53.1 Å². The fraction of sp³-hybridized carbons (Fsp3) is 0.400. The minimum absolute atomic E-state index is 0.102. The summed E-state index contributed by atoms with van der Waals surface area (Å²) < 4.78 is 41.9. The minimum atomic E-state index is -4.56. The molecule has 0 saturated carbocycles. The van der Waals surface area contributed by atoms with Crippen LogP contribution in [0.15, 0.2) is 36.0 Å². The number of carbonyl (C=O) groups excluding carboxylic acids is 1. The summed E-state index contributed by atoms with van der Waals surface area (Å²) in [6.07, 6.45) is 0.210. The van der Waals surface area contributed by atoms with Gasteiger partial charge in [0, 0.05) is 25.2 Å². The van der Waals surface area contributed by atoms with Gasteiger partial charge in [-0.2, -0.15) is 18.3 Å². The maximum Gasteiger partial charge on any atom is 0.433 e. The predicted octanol–water partition coefficient (Wildman–Crippen LogP) is 4.14. The molecule has 0 aliphatic carbocycles. The number of likely N-dealkylation sites (tertiary alicyclic amines) is 1. The lowest BCUT2D eigenvalue weighted by Gasteiger charge is -2.32. The number of amides is 1. The third-order valence-corrected chi connectivity index (χ3v) is 5.90. The summed E-state index contributed by atoms with van der Waals surface area (Å²) in [4.78, 5) is 23.3. The van der Waals surface area contributed by atoms with Gasteiger partial charge < -0.3 is 4.90 Å². The molecule has 3 aromatic heterocycles. The van der Waals surface area contributed by atoms with E-state index < -0.39 is 11.9 Å². The Morgan fingerprint density at radius 3 is 2.83 bits per heavy atom. The Morgan fingerprint density at radius 2 is 2.17 bits per heavy atom. The highest BCUT2D eigenvalue weighted by molar-refractivity contribution is 7.13. The smallest absolute Gasteiger partial charge is 0.340 e. The van der Waals surface area contributed by atoms with Gasteiger partial charge in [0.1, 0.15) is 18.1 Å². The van der Waals surface area contributed by atoms with Crippen LogP contribution in [0.3, 0.4) is 0 Å². The number of halogens is 3. The lowest BCUT2D eigenvalue weighted by Crippen LogP contribution is -2.41. The molecule has 1 aliphatic rings. The number of aromatic nitrogens is 4. The first kappa shape index (κ1) is 20.5. The van der Waals surface area contributed by atoms with Crippen molar-refractivity contribution >= 4 is 17.2 Å². The van der Waals surface area contributed by atoms with Gasteiger partial charge in [-0.05, 0) is 42.8 Å². The van der Waals surface area contributed by atoms with E-state index in [-0.39, 0.29) is 29.9 Å². The zero-order chi connectivity index (χ0) is 21.3. The molecule has 0 spiro atoms. The molecule has 1 amide bonds. The lowest BCUT2D eigenvalue weighted by atomic mass is 9.96. The molecule has 1 fully saturated rings. The van der Waals surface area contributed by atoms with E-state index in [1.807, 2.05) is 6.92 Å². The van der Waals surface area contributed by atoms with Crippen LogP contribution in [-0.2, 0) is 17.5 Å². The van der Waals surface area contributed by atoms with Crippen LogP contribution in [0.5, 0.6) is 0 Å². The third-order valence-electron chi connectivity index (χ3n) is 5.01. The zero-order valence-corrected chi connectivity index (χ0v) is 17.1. The molecule has 1 saturated heterocycles. The molecule has 158 valence electrons. The Balaban J connectivity index is 1.58. The minimum Gasteiger partial charge on any atom is -0.340 e. The van der Waals surface area contributed by atoms with E-state index in [1.165, 1.54) is 11.3 Å². The summed E-state index contributed by atoms with van der Waals surface area (Å²) in [6, 6.07) is 4.49. The van der Waals surface area contributed by atoms with Crippen LogP contribution in [0, 0.1) is 6.92 Å². The summed E-state index contributed by atoms with van der Waals surface area (Å²) in [6.45, 7) is 2.85. The maximum atomic E-state index is 13.4. The molecule has 1 aliphatic heterocycles. The van der Waals surface area contributed by atoms with Crippen LogP contribution >= 0.6 is 11.3 Å². The Morgan fingerprint density at radius 1 is 1.33 bits per heavy atom. The number of nitrogens with zero attached hydrogens (tertiary/aromatic N) is 5. The van der Waals surface area contributed by atoms with Gasteiger partial charge in [0.15, 0.2) is 0 Å². The van der Waals surface area contributed by atoms with E-state index in [0.29, 0.717) is 30.8 Å². The summed E-state index contributed by atoms with van der Waals surface area (Å²) in [7, 11) is 0. The summed E-state index contributed by atoms with van der Waals surface area (Å²) in [5.74, 6) is -0.322. The first-order valence-corrected chi connectivity index (χ1v) is 10.4. The molecule has 0 radical (unpaired) electrons. The number of hydrogen-bond acceptors (Lipinski definition) is 5. The lowest BCUT2D eigenvalue weighted by molar-refractivity contribution is -0.141. The molecule has 0 bridgehead atoms. The van der Waals surface area contributed by atoms with Crippen LogP contribution in [0.2, 0.25) is 0 Å². The number of carbonyl (C=O) groups is 1. The average molecular weight is 435 g/mol. The summed E-state index contributed by atoms with van der Waals surface area (Å²) in [5.41, 5.74) is 0.266. The van der Waals surface area contributed by atoms with Crippen LogP contribution in [0.4, 0.5) is 13.2 Å². The summed E-state index contributed by atoms with van der Waals surface area (Å²) >= 11 is 1.33. The van der Waals surface area contributed by atoms with Crippen LogP contribution in [0.1, 0.15) is 35.8 Å². The Hall–Kier alpha value is -2.75. The Bertz CT molecular complexity index is 1030.